The van der Waals surface area contributed by atoms with Gasteiger partial charge in [-0.05, 0) is 12.5 Å². The van der Waals surface area contributed by atoms with E-state index in [1.165, 1.54) is 6.08 Å². The Morgan fingerprint density at radius 2 is 2.07 bits per heavy atom. The van der Waals surface area contributed by atoms with E-state index in [-0.39, 0.29) is 38.5 Å². The van der Waals surface area contributed by atoms with Crippen molar-refractivity contribution in [3.05, 3.63) is 11.6 Å². The predicted octanol–water partition coefficient (Wildman–Crippen LogP) is -2.25. The standard InChI is InChI=1S/C13H19FN4O7S.Li.H/c1-7-5-8-6-17(13(22)18(8)25-10(14)12(20)21)9(7)11(19)15-3-4-16-26(2,23)24;;/h5,8-10,16H,3-4,6H2,1-2H3,(H,15,19)(H,20,21);;/t8-,9+,10-;;/m1../s1. The van der Waals surface area contributed by atoms with Crippen LogP contribution >= 0.6 is 0 Å². The molecule has 3 atom stereocenters. The molecule has 0 aromatic rings. The zero-order chi connectivity index (χ0) is 19.6. The molecule has 2 bridgehead atoms. The topological polar surface area (TPSA) is 145 Å². The first-order chi connectivity index (χ1) is 12.0. The summed E-state index contributed by atoms with van der Waals surface area (Å²) in [6.07, 6.45) is -0.201. The van der Waals surface area contributed by atoms with Crippen molar-refractivity contribution in [3.8, 4) is 0 Å². The van der Waals surface area contributed by atoms with Crippen LogP contribution in [0.5, 0.6) is 0 Å². The zero-order valence-corrected chi connectivity index (χ0v) is 14.8. The van der Waals surface area contributed by atoms with Crippen molar-refractivity contribution in [2.45, 2.75) is 25.4 Å². The number of nitrogens with one attached hydrogen (secondary N) is 2. The molecule has 0 radical (unpaired) electrons. The summed E-state index contributed by atoms with van der Waals surface area (Å²) >= 11 is 0. The molecule has 11 nitrogen and oxygen atoms in total. The molecular formula is C13H20FLiN4O7S. The average Bonchev–Trinajstić information content (AvgIpc) is 2.75. The second-order valence-electron chi connectivity index (χ2n) is 5.86. The van der Waals surface area contributed by atoms with Crippen LogP contribution in [0, 0.1) is 0 Å². The molecule has 0 aromatic carbocycles. The molecule has 0 aromatic heterocycles. The quantitative estimate of drug-likeness (QED) is 0.236. The monoisotopic (exact) mass is 402 g/mol. The number of alkyl halides is 1. The van der Waals surface area contributed by atoms with E-state index in [0.29, 0.717) is 10.6 Å². The van der Waals surface area contributed by atoms with E-state index in [9.17, 15) is 27.2 Å². The van der Waals surface area contributed by atoms with Crippen LogP contribution < -0.4 is 10.0 Å². The van der Waals surface area contributed by atoms with Crippen molar-refractivity contribution in [3.63, 3.8) is 0 Å². The summed E-state index contributed by atoms with van der Waals surface area (Å²) < 4.78 is 37.4. The third-order valence-corrected chi connectivity index (χ3v) is 4.48. The van der Waals surface area contributed by atoms with E-state index in [1.54, 1.807) is 6.92 Å². The number of carboxylic acid groups (broad SMARTS) is 1. The van der Waals surface area contributed by atoms with Crippen LogP contribution in [0.4, 0.5) is 9.18 Å². The molecule has 0 unspecified atom stereocenters. The molecule has 0 spiro atoms. The number of halogens is 1. The minimum absolute atomic E-state index is 0. The van der Waals surface area contributed by atoms with Gasteiger partial charge in [0.1, 0.15) is 6.04 Å². The van der Waals surface area contributed by atoms with Gasteiger partial charge in [-0.2, -0.15) is 5.06 Å². The summed E-state index contributed by atoms with van der Waals surface area (Å²) in [5.74, 6) is -2.42. The van der Waals surface area contributed by atoms with Crippen LogP contribution in [-0.4, -0.2) is 105 Å². The van der Waals surface area contributed by atoms with Crippen molar-refractivity contribution in [1.82, 2.24) is 20.0 Å². The fourth-order valence-corrected chi connectivity index (χ4v) is 3.21. The van der Waals surface area contributed by atoms with Crippen molar-refractivity contribution < 1.29 is 37.1 Å². The third kappa shape index (κ3) is 5.66. The van der Waals surface area contributed by atoms with Crippen molar-refractivity contribution >= 4 is 46.8 Å². The molecule has 2 aliphatic heterocycles. The maximum absolute atomic E-state index is 13.3. The number of carboxylic acids is 1. The summed E-state index contributed by atoms with van der Waals surface area (Å²) in [7, 11) is -3.39. The number of carbonyl (C=O) groups excluding carboxylic acids is 2. The van der Waals surface area contributed by atoms with Crippen LogP contribution in [0.15, 0.2) is 11.6 Å². The molecule has 1 saturated heterocycles. The number of hydroxylamine groups is 2. The van der Waals surface area contributed by atoms with E-state index in [4.69, 9.17) is 5.11 Å². The van der Waals surface area contributed by atoms with E-state index in [1.807, 2.05) is 0 Å². The molecule has 148 valence electrons. The number of amides is 3. The number of hydrogen-bond donors (Lipinski definition) is 3. The van der Waals surface area contributed by atoms with Gasteiger partial charge in [0.2, 0.25) is 15.9 Å². The second kappa shape index (κ2) is 9.03. The number of urea groups is 1. The Morgan fingerprint density at radius 1 is 1.44 bits per heavy atom. The van der Waals surface area contributed by atoms with Gasteiger partial charge in [0, 0.05) is 13.1 Å². The number of nitrogens with zero attached hydrogens (tertiary/aromatic N) is 2. The Kier molecular flexibility index (Phi) is 7.82. The molecule has 2 rings (SSSR count). The van der Waals surface area contributed by atoms with E-state index < -0.39 is 46.4 Å². The van der Waals surface area contributed by atoms with Gasteiger partial charge in [0.15, 0.2) is 0 Å². The van der Waals surface area contributed by atoms with E-state index >= 15 is 0 Å². The number of fused-ring (bicyclic) bond motifs is 2. The summed E-state index contributed by atoms with van der Waals surface area (Å²) in [4.78, 5) is 40.9. The van der Waals surface area contributed by atoms with Gasteiger partial charge in [-0.1, -0.05) is 6.08 Å². The van der Waals surface area contributed by atoms with Crippen molar-refractivity contribution in [2.24, 2.45) is 0 Å². The molecule has 3 N–H and O–H groups in total. The Morgan fingerprint density at radius 3 is 2.63 bits per heavy atom. The third-order valence-electron chi connectivity index (χ3n) is 3.75. The summed E-state index contributed by atoms with van der Waals surface area (Å²) in [6, 6.07) is -2.52. The number of rotatable bonds is 8. The summed E-state index contributed by atoms with van der Waals surface area (Å²) in [5, 5.41) is 11.7. The van der Waals surface area contributed by atoms with Gasteiger partial charge in [0.25, 0.3) is 0 Å². The van der Waals surface area contributed by atoms with Gasteiger partial charge >= 0.3 is 37.2 Å². The predicted molar refractivity (Wildman–Crippen MR) is 91.9 cm³/mol. The maximum atomic E-state index is 13.3. The fourth-order valence-electron chi connectivity index (χ4n) is 2.73. The average molecular weight is 402 g/mol. The first kappa shape index (κ1) is 23.4. The van der Waals surface area contributed by atoms with E-state index in [0.717, 1.165) is 11.2 Å². The van der Waals surface area contributed by atoms with Gasteiger partial charge in [-0.15, -0.1) is 0 Å². The molecule has 2 aliphatic rings. The number of aliphatic carboxylic acids is 1. The molecule has 1 fully saturated rings. The zero-order valence-electron chi connectivity index (χ0n) is 14.0. The second-order valence-corrected chi connectivity index (χ2v) is 7.69. The number of carbonyl (C=O) groups is 3. The first-order valence-corrected chi connectivity index (χ1v) is 9.44. The Labute approximate surface area is 167 Å². The number of sulfonamides is 1. The van der Waals surface area contributed by atoms with Crippen LogP contribution in [0.2, 0.25) is 0 Å². The summed E-state index contributed by atoms with van der Waals surface area (Å²) in [5.41, 5.74) is 0.500. The molecule has 14 heteroatoms. The molecular weight excluding hydrogens is 382 g/mol. The van der Waals surface area contributed by atoms with Gasteiger partial charge < -0.3 is 15.3 Å². The summed E-state index contributed by atoms with van der Waals surface area (Å²) in [6.45, 7) is 1.61. The van der Waals surface area contributed by atoms with Crippen molar-refractivity contribution in [2.75, 3.05) is 25.9 Å². The van der Waals surface area contributed by atoms with Crippen LogP contribution in [0.1, 0.15) is 6.92 Å². The van der Waals surface area contributed by atoms with Gasteiger partial charge in [-0.25, -0.2) is 32.0 Å². The van der Waals surface area contributed by atoms with Crippen LogP contribution in [-0.2, 0) is 24.4 Å². The van der Waals surface area contributed by atoms with E-state index in [2.05, 4.69) is 14.9 Å². The van der Waals surface area contributed by atoms with Gasteiger partial charge in [0.05, 0.1) is 18.8 Å². The molecule has 2 heterocycles. The minimum atomic E-state index is -3.39. The Balaban J connectivity index is 0.00000364. The van der Waals surface area contributed by atoms with Gasteiger partial charge in [-0.3, -0.25) is 4.79 Å². The molecule has 0 saturated carbocycles. The Bertz CT molecular complexity index is 747. The molecule has 0 aliphatic carbocycles. The number of hydrogen-bond acceptors (Lipinski definition) is 6. The normalized spacial score (nSPS) is 22.8. The molecule has 3 amide bonds. The Hall–Kier alpha value is -1.65. The molecule has 27 heavy (non-hydrogen) atoms. The fraction of sp³-hybridized carbons (Fsp3) is 0.615. The van der Waals surface area contributed by atoms with Crippen LogP contribution in [0.3, 0.4) is 0 Å². The van der Waals surface area contributed by atoms with Crippen LogP contribution in [0.25, 0.3) is 0 Å². The van der Waals surface area contributed by atoms with Crippen molar-refractivity contribution in [1.29, 1.82) is 0 Å². The SMILES string of the molecule is CC1=C[C@@H]2CN(C(=O)N2O[C@@H](F)C(=O)O)[C@@H]1C(=O)NCCNS(C)(=O)=O.[LiH]. The first-order valence-electron chi connectivity index (χ1n) is 7.55.